The van der Waals surface area contributed by atoms with Crippen molar-refractivity contribution in [1.82, 2.24) is 4.98 Å². The number of rotatable bonds is 2. The number of aryl methyl sites for hydroxylation is 1. The molecule has 1 aromatic rings. The first-order valence-electron chi connectivity index (χ1n) is 5.07. The molecule has 3 nitrogen and oxygen atoms in total. The van der Waals surface area contributed by atoms with Crippen molar-refractivity contribution >= 4 is 5.97 Å². The highest BCUT2D eigenvalue weighted by Gasteiger charge is 2.19. The monoisotopic (exact) mass is 207 g/mol. The van der Waals surface area contributed by atoms with Crippen molar-refractivity contribution in [3.05, 3.63) is 28.1 Å². The molecular formula is C12H17NO2. The number of carboxylic acids is 1. The van der Waals surface area contributed by atoms with Crippen molar-refractivity contribution in [3.8, 4) is 0 Å². The van der Waals surface area contributed by atoms with Crippen LogP contribution in [0.5, 0.6) is 0 Å². The Morgan fingerprint density at radius 2 is 1.73 bits per heavy atom. The SMILES string of the molecule is Cc1nc(C(=O)O)c(C(C)C)c(C)c1C. The number of pyridine rings is 1. The molecule has 82 valence electrons. The molecule has 0 aliphatic heterocycles. The predicted octanol–water partition coefficient (Wildman–Crippen LogP) is 2.83. The zero-order chi connectivity index (χ0) is 11.7. The predicted molar refractivity (Wildman–Crippen MR) is 59.5 cm³/mol. The standard InChI is InChI=1S/C12H17NO2/c1-6(2)10-8(4)7(3)9(5)13-11(10)12(14)15/h6H,1-5H3,(H,14,15). The number of carboxylic acid groups (broad SMARTS) is 1. The second-order valence-corrected chi connectivity index (χ2v) is 4.17. The highest BCUT2D eigenvalue weighted by Crippen LogP contribution is 2.26. The Kier molecular flexibility index (Phi) is 3.12. The van der Waals surface area contributed by atoms with Gasteiger partial charge in [0.15, 0.2) is 5.69 Å². The summed E-state index contributed by atoms with van der Waals surface area (Å²) in [5, 5.41) is 9.09. The minimum absolute atomic E-state index is 0.183. The Morgan fingerprint density at radius 3 is 2.13 bits per heavy atom. The van der Waals surface area contributed by atoms with Gasteiger partial charge in [0.25, 0.3) is 0 Å². The van der Waals surface area contributed by atoms with E-state index in [0.717, 1.165) is 22.4 Å². The average Bonchev–Trinajstić information content (AvgIpc) is 2.12. The molecule has 0 aliphatic carbocycles. The summed E-state index contributed by atoms with van der Waals surface area (Å²) in [6.45, 7) is 9.77. The molecule has 0 aromatic carbocycles. The zero-order valence-corrected chi connectivity index (χ0v) is 9.88. The van der Waals surface area contributed by atoms with Crippen LogP contribution in [0.25, 0.3) is 0 Å². The van der Waals surface area contributed by atoms with Gasteiger partial charge in [-0.3, -0.25) is 0 Å². The van der Waals surface area contributed by atoms with Crippen molar-refractivity contribution in [3.63, 3.8) is 0 Å². The van der Waals surface area contributed by atoms with Gasteiger partial charge in [-0.25, -0.2) is 9.78 Å². The van der Waals surface area contributed by atoms with Crippen molar-refractivity contribution in [2.45, 2.75) is 40.5 Å². The number of hydrogen-bond donors (Lipinski definition) is 1. The summed E-state index contributed by atoms with van der Waals surface area (Å²) in [6, 6.07) is 0. The normalized spacial score (nSPS) is 10.8. The van der Waals surface area contributed by atoms with Crippen LogP contribution in [-0.4, -0.2) is 16.1 Å². The first-order chi connectivity index (χ1) is 6.86. The van der Waals surface area contributed by atoms with Crippen molar-refractivity contribution in [2.24, 2.45) is 0 Å². The lowest BCUT2D eigenvalue weighted by Gasteiger charge is -2.16. The van der Waals surface area contributed by atoms with Gasteiger partial charge in [-0.05, 0) is 43.4 Å². The molecule has 0 radical (unpaired) electrons. The fourth-order valence-electron chi connectivity index (χ4n) is 1.83. The van der Waals surface area contributed by atoms with Crippen LogP contribution in [0.15, 0.2) is 0 Å². The fourth-order valence-corrected chi connectivity index (χ4v) is 1.83. The number of aromatic carboxylic acids is 1. The molecule has 1 rings (SSSR count). The third-order valence-electron chi connectivity index (χ3n) is 2.82. The molecule has 0 saturated carbocycles. The van der Waals surface area contributed by atoms with Crippen molar-refractivity contribution in [2.75, 3.05) is 0 Å². The van der Waals surface area contributed by atoms with Crippen LogP contribution in [0.4, 0.5) is 0 Å². The summed E-state index contributed by atoms with van der Waals surface area (Å²) in [6.07, 6.45) is 0. The van der Waals surface area contributed by atoms with Gasteiger partial charge in [0.1, 0.15) is 0 Å². The number of carbonyl (C=O) groups is 1. The minimum Gasteiger partial charge on any atom is -0.477 e. The maximum absolute atomic E-state index is 11.1. The first kappa shape index (κ1) is 11.7. The Bertz CT molecular complexity index is 409. The number of aromatic nitrogens is 1. The first-order valence-corrected chi connectivity index (χ1v) is 5.07. The number of nitrogens with zero attached hydrogens (tertiary/aromatic N) is 1. The zero-order valence-electron chi connectivity index (χ0n) is 9.88. The van der Waals surface area contributed by atoms with E-state index in [0.29, 0.717) is 0 Å². The summed E-state index contributed by atoms with van der Waals surface area (Å²) >= 11 is 0. The van der Waals surface area contributed by atoms with E-state index < -0.39 is 5.97 Å². The van der Waals surface area contributed by atoms with Gasteiger partial charge in [0.05, 0.1) is 0 Å². The van der Waals surface area contributed by atoms with Gasteiger partial charge < -0.3 is 5.11 Å². The molecule has 0 aliphatic rings. The Hall–Kier alpha value is -1.38. The maximum atomic E-state index is 11.1. The van der Waals surface area contributed by atoms with Gasteiger partial charge in [0.2, 0.25) is 0 Å². The van der Waals surface area contributed by atoms with Crippen LogP contribution >= 0.6 is 0 Å². The molecule has 1 heterocycles. The third kappa shape index (κ3) is 2.01. The summed E-state index contributed by atoms with van der Waals surface area (Å²) in [5.74, 6) is -0.757. The Labute approximate surface area is 90.2 Å². The van der Waals surface area contributed by atoms with E-state index in [1.807, 2.05) is 34.6 Å². The van der Waals surface area contributed by atoms with E-state index in [1.54, 1.807) is 0 Å². The lowest BCUT2D eigenvalue weighted by atomic mass is 9.92. The molecule has 0 unspecified atom stereocenters. The molecule has 0 bridgehead atoms. The van der Waals surface area contributed by atoms with E-state index in [4.69, 9.17) is 5.11 Å². The van der Waals surface area contributed by atoms with Crippen LogP contribution in [0, 0.1) is 20.8 Å². The molecule has 0 fully saturated rings. The van der Waals surface area contributed by atoms with Crippen LogP contribution < -0.4 is 0 Å². The molecule has 0 amide bonds. The second-order valence-electron chi connectivity index (χ2n) is 4.17. The fraction of sp³-hybridized carbons (Fsp3) is 0.500. The largest absolute Gasteiger partial charge is 0.477 e. The smallest absolute Gasteiger partial charge is 0.354 e. The molecule has 0 spiro atoms. The van der Waals surface area contributed by atoms with Crippen LogP contribution in [0.3, 0.4) is 0 Å². The summed E-state index contributed by atoms with van der Waals surface area (Å²) in [5.41, 5.74) is 3.99. The molecule has 3 heteroatoms. The lowest BCUT2D eigenvalue weighted by Crippen LogP contribution is -2.12. The molecular weight excluding hydrogens is 190 g/mol. The molecule has 0 atom stereocenters. The van der Waals surface area contributed by atoms with Gasteiger partial charge in [0, 0.05) is 5.69 Å². The summed E-state index contributed by atoms with van der Waals surface area (Å²) in [7, 11) is 0. The van der Waals surface area contributed by atoms with Crippen molar-refractivity contribution in [1.29, 1.82) is 0 Å². The van der Waals surface area contributed by atoms with E-state index in [2.05, 4.69) is 4.98 Å². The van der Waals surface area contributed by atoms with Crippen molar-refractivity contribution < 1.29 is 9.90 Å². The van der Waals surface area contributed by atoms with E-state index in [-0.39, 0.29) is 11.6 Å². The maximum Gasteiger partial charge on any atom is 0.354 e. The molecule has 0 saturated heterocycles. The van der Waals surface area contributed by atoms with Crippen LogP contribution in [0.2, 0.25) is 0 Å². The summed E-state index contributed by atoms with van der Waals surface area (Å²) in [4.78, 5) is 15.2. The quantitative estimate of drug-likeness (QED) is 0.811. The van der Waals surface area contributed by atoms with Crippen LogP contribution in [-0.2, 0) is 0 Å². The van der Waals surface area contributed by atoms with Crippen LogP contribution in [0.1, 0.15) is 52.6 Å². The topological polar surface area (TPSA) is 50.2 Å². The van der Waals surface area contributed by atoms with Gasteiger partial charge in [-0.1, -0.05) is 13.8 Å². The molecule has 1 aromatic heterocycles. The Morgan fingerprint density at radius 1 is 1.20 bits per heavy atom. The summed E-state index contributed by atoms with van der Waals surface area (Å²) < 4.78 is 0. The van der Waals surface area contributed by atoms with E-state index >= 15 is 0 Å². The van der Waals surface area contributed by atoms with Gasteiger partial charge >= 0.3 is 5.97 Å². The van der Waals surface area contributed by atoms with E-state index in [1.165, 1.54) is 0 Å². The number of hydrogen-bond acceptors (Lipinski definition) is 2. The highest BCUT2D eigenvalue weighted by atomic mass is 16.4. The lowest BCUT2D eigenvalue weighted by molar-refractivity contribution is 0.0688. The van der Waals surface area contributed by atoms with Gasteiger partial charge in [-0.15, -0.1) is 0 Å². The van der Waals surface area contributed by atoms with E-state index in [9.17, 15) is 4.79 Å². The minimum atomic E-state index is -0.940. The average molecular weight is 207 g/mol. The van der Waals surface area contributed by atoms with Gasteiger partial charge in [-0.2, -0.15) is 0 Å². The Balaban J connectivity index is 3.58. The highest BCUT2D eigenvalue weighted by molar-refractivity contribution is 5.88. The third-order valence-corrected chi connectivity index (χ3v) is 2.82. The molecule has 15 heavy (non-hydrogen) atoms. The molecule has 1 N–H and O–H groups in total. The second kappa shape index (κ2) is 4.01.